The monoisotopic (exact) mass is 526 g/mol. The maximum absolute atomic E-state index is 12.6. The first-order valence-electron chi connectivity index (χ1n) is 13.5. The zero-order valence-electron chi connectivity index (χ0n) is 23.2. The Kier molecular flexibility index (Phi) is 14.0. The smallest absolute Gasteiger partial charge is 0.311 e. The Bertz CT molecular complexity index is 1040. The average molecular weight is 527 g/mol. The standard InChI is InChI=1S/C31H42O7/c1-5-6-7-8-9-10-11-12-13-14-31(34)38-30-22-26(37-23(2)32)18-19-27(30)28(33)20-16-24-15-17-25(35-3)21-29(24)36-4/h15-22,28,33H,5-14H2,1-4H3. The molecular formula is C31H42O7. The summed E-state index contributed by atoms with van der Waals surface area (Å²) in [6.45, 7) is 3.51. The molecule has 208 valence electrons. The molecule has 0 aliphatic heterocycles. The molecule has 7 heteroatoms. The van der Waals surface area contributed by atoms with Gasteiger partial charge in [0.05, 0.1) is 14.2 Å². The normalized spacial score (nSPS) is 11.8. The Morgan fingerprint density at radius 2 is 1.45 bits per heavy atom. The van der Waals surface area contributed by atoms with Crippen molar-refractivity contribution in [2.24, 2.45) is 0 Å². The molecule has 7 nitrogen and oxygen atoms in total. The van der Waals surface area contributed by atoms with Crippen LogP contribution in [0.2, 0.25) is 0 Å². The lowest BCUT2D eigenvalue weighted by Gasteiger charge is -2.15. The lowest BCUT2D eigenvalue weighted by atomic mass is 10.1. The molecule has 0 aliphatic carbocycles. The van der Waals surface area contributed by atoms with E-state index in [0.29, 0.717) is 17.1 Å². The summed E-state index contributed by atoms with van der Waals surface area (Å²) in [5.74, 6) is 0.759. The molecule has 1 N–H and O–H groups in total. The molecule has 0 radical (unpaired) electrons. The zero-order valence-corrected chi connectivity index (χ0v) is 23.2. The SMILES string of the molecule is CCCCCCCCCCCC(=O)Oc1cc(OC(C)=O)ccc1C(O)C=Cc1ccc(OC)cc1OC. The topological polar surface area (TPSA) is 91.3 Å². The van der Waals surface area contributed by atoms with Crippen LogP contribution in [0.25, 0.3) is 6.08 Å². The van der Waals surface area contributed by atoms with E-state index in [4.69, 9.17) is 18.9 Å². The van der Waals surface area contributed by atoms with Crippen molar-refractivity contribution in [2.75, 3.05) is 14.2 Å². The van der Waals surface area contributed by atoms with Gasteiger partial charge in [0, 0.05) is 36.6 Å². The van der Waals surface area contributed by atoms with Gasteiger partial charge in [-0.15, -0.1) is 0 Å². The molecule has 2 aromatic rings. The number of hydrogen-bond acceptors (Lipinski definition) is 7. The van der Waals surface area contributed by atoms with Gasteiger partial charge in [-0.05, 0) is 30.7 Å². The maximum Gasteiger partial charge on any atom is 0.311 e. The number of rotatable bonds is 17. The molecule has 0 spiro atoms. The van der Waals surface area contributed by atoms with Crippen LogP contribution in [0.4, 0.5) is 0 Å². The first kappa shape index (κ1) is 30.9. The second-order valence-electron chi connectivity index (χ2n) is 9.26. The van der Waals surface area contributed by atoms with Crippen LogP contribution in [0.5, 0.6) is 23.0 Å². The molecule has 0 bridgehead atoms. The Morgan fingerprint density at radius 3 is 2.08 bits per heavy atom. The molecule has 0 aromatic heterocycles. The second kappa shape index (κ2) is 17.2. The highest BCUT2D eigenvalue weighted by molar-refractivity contribution is 5.74. The minimum absolute atomic E-state index is 0.156. The van der Waals surface area contributed by atoms with Crippen molar-refractivity contribution in [3.05, 3.63) is 53.6 Å². The quantitative estimate of drug-likeness (QED) is 0.132. The van der Waals surface area contributed by atoms with E-state index < -0.39 is 12.1 Å². The summed E-state index contributed by atoms with van der Waals surface area (Å²) in [4.78, 5) is 24.0. The summed E-state index contributed by atoms with van der Waals surface area (Å²) < 4.78 is 21.4. The van der Waals surface area contributed by atoms with Crippen LogP contribution < -0.4 is 18.9 Å². The number of ether oxygens (including phenoxy) is 4. The number of carbonyl (C=O) groups excluding carboxylic acids is 2. The number of benzene rings is 2. The van der Waals surface area contributed by atoms with Crippen LogP contribution in [0.1, 0.15) is 95.3 Å². The van der Waals surface area contributed by atoms with E-state index in [1.165, 1.54) is 51.5 Å². The molecule has 0 amide bonds. The van der Waals surface area contributed by atoms with E-state index >= 15 is 0 Å². The lowest BCUT2D eigenvalue weighted by Crippen LogP contribution is -2.11. The fourth-order valence-corrected chi connectivity index (χ4v) is 4.09. The summed E-state index contributed by atoms with van der Waals surface area (Å²) in [7, 11) is 3.13. The van der Waals surface area contributed by atoms with Gasteiger partial charge in [0.2, 0.25) is 0 Å². The first-order chi connectivity index (χ1) is 18.4. The fourth-order valence-electron chi connectivity index (χ4n) is 4.09. The fraction of sp³-hybridized carbons (Fsp3) is 0.484. The Morgan fingerprint density at radius 1 is 0.816 bits per heavy atom. The summed E-state index contributed by atoms with van der Waals surface area (Å²) in [5, 5.41) is 10.9. The van der Waals surface area contributed by atoms with Crippen LogP contribution in [-0.2, 0) is 9.59 Å². The predicted octanol–water partition coefficient (Wildman–Crippen LogP) is 7.20. The van der Waals surface area contributed by atoms with Gasteiger partial charge in [0.1, 0.15) is 29.1 Å². The molecule has 0 heterocycles. The number of aliphatic hydroxyl groups excluding tert-OH is 1. The number of hydrogen-bond donors (Lipinski definition) is 1. The third-order valence-corrected chi connectivity index (χ3v) is 6.17. The minimum atomic E-state index is -1.08. The zero-order chi connectivity index (χ0) is 27.8. The van der Waals surface area contributed by atoms with Crippen molar-refractivity contribution < 1.29 is 33.6 Å². The molecule has 2 aromatic carbocycles. The Hall–Kier alpha value is -3.32. The highest BCUT2D eigenvalue weighted by Gasteiger charge is 2.17. The van der Waals surface area contributed by atoms with Gasteiger partial charge in [-0.3, -0.25) is 9.59 Å². The molecular weight excluding hydrogens is 484 g/mol. The molecule has 38 heavy (non-hydrogen) atoms. The van der Waals surface area contributed by atoms with Crippen LogP contribution in [0, 0.1) is 0 Å². The minimum Gasteiger partial charge on any atom is -0.497 e. The van der Waals surface area contributed by atoms with Gasteiger partial charge in [-0.25, -0.2) is 0 Å². The molecule has 1 unspecified atom stereocenters. The van der Waals surface area contributed by atoms with Gasteiger partial charge in [-0.1, -0.05) is 70.4 Å². The van der Waals surface area contributed by atoms with Gasteiger partial charge in [0.25, 0.3) is 0 Å². The number of esters is 2. The average Bonchev–Trinajstić information content (AvgIpc) is 2.90. The predicted molar refractivity (Wildman–Crippen MR) is 149 cm³/mol. The highest BCUT2D eigenvalue weighted by Crippen LogP contribution is 2.33. The van der Waals surface area contributed by atoms with Crippen molar-refractivity contribution >= 4 is 18.0 Å². The van der Waals surface area contributed by atoms with E-state index in [1.54, 1.807) is 50.6 Å². The number of methoxy groups -OCH3 is 2. The summed E-state index contributed by atoms with van der Waals surface area (Å²) >= 11 is 0. The molecule has 0 fully saturated rings. The van der Waals surface area contributed by atoms with Crippen LogP contribution >= 0.6 is 0 Å². The van der Waals surface area contributed by atoms with Crippen LogP contribution in [0.3, 0.4) is 0 Å². The van der Waals surface area contributed by atoms with Gasteiger partial charge >= 0.3 is 11.9 Å². The van der Waals surface area contributed by atoms with Crippen LogP contribution in [-0.4, -0.2) is 31.3 Å². The van der Waals surface area contributed by atoms with Crippen molar-refractivity contribution in [1.29, 1.82) is 0 Å². The van der Waals surface area contributed by atoms with Gasteiger partial charge < -0.3 is 24.1 Å². The number of aliphatic hydroxyl groups is 1. The maximum atomic E-state index is 12.6. The number of unbranched alkanes of at least 4 members (excludes halogenated alkanes) is 8. The van der Waals surface area contributed by atoms with Crippen molar-refractivity contribution in [2.45, 2.75) is 84.2 Å². The molecule has 1 atom stereocenters. The first-order valence-corrected chi connectivity index (χ1v) is 13.5. The summed E-state index contributed by atoms with van der Waals surface area (Å²) in [5.41, 5.74) is 1.12. The van der Waals surface area contributed by atoms with Crippen molar-refractivity contribution in [3.8, 4) is 23.0 Å². The van der Waals surface area contributed by atoms with E-state index in [0.717, 1.165) is 24.8 Å². The molecule has 0 saturated heterocycles. The van der Waals surface area contributed by atoms with E-state index in [2.05, 4.69) is 6.92 Å². The Balaban J connectivity index is 2.03. The van der Waals surface area contributed by atoms with Crippen LogP contribution in [0.15, 0.2) is 42.5 Å². The molecule has 0 aliphatic rings. The second-order valence-corrected chi connectivity index (χ2v) is 9.26. The Labute approximate surface area is 226 Å². The summed E-state index contributed by atoms with van der Waals surface area (Å²) in [6.07, 6.45) is 12.9. The summed E-state index contributed by atoms with van der Waals surface area (Å²) in [6, 6.07) is 9.95. The lowest BCUT2D eigenvalue weighted by molar-refractivity contribution is -0.134. The molecule has 0 saturated carbocycles. The van der Waals surface area contributed by atoms with Crippen molar-refractivity contribution in [1.82, 2.24) is 0 Å². The largest absolute Gasteiger partial charge is 0.497 e. The van der Waals surface area contributed by atoms with Gasteiger partial charge in [-0.2, -0.15) is 0 Å². The van der Waals surface area contributed by atoms with E-state index in [9.17, 15) is 14.7 Å². The van der Waals surface area contributed by atoms with E-state index in [1.807, 2.05) is 6.07 Å². The highest BCUT2D eigenvalue weighted by atomic mass is 16.5. The molecule has 2 rings (SSSR count). The van der Waals surface area contributed by atoms with Crippen molar-refractivity contribution in [3.63, 3.8) is 0 Å². The van der Waals surface area contributed by atoms with Gasteiger partial charge in [0.15, 0.2) is 0 Å². The van der Waals surface area contributed by atoms with E-state index in [-0.39, 0.29) is 23.9 Å². The number of carbonyl (C=O) groups is 2. The third-order valence-electron chi connectivity index (χ3n) is 6.17. The third kappa shape index (κ3) is 11.0.